The van der Waals surface area contributed by atoms with E-state index in [1.165, 1.54) is 35.3 Å². The van der Waals surface area contributed by atoms with Gasteiger partial charge in [-0.2, -0.15) is 5.10 Å². The number of carbonyl (C=O) groups is 2. The zero-order valence-electron chi connectivity index (χ0n) is 18.7. The molecule has 0 bridgehead atoms. The van der Waals surface area contributed by atoms with Gasteiger partial charge in [0.15, 0.2) is 11.6 Å². The van der Waals surface area contributed by atoms with Gasteiger partial charge in [-0.3, -0.25) is 9.59 Å². The van der Waals surface area contributed by atoms with E-state index in [4.69, 9.17) is 22.4 Å². The number of carbonyl (C=O) groups excluding carboxylic acids is 2. The third kappa shape index (κ3) is 6.18. The maximum atomic E-state index is 15.5. The molecule has 0 unspecified atom stereocenters. The Morgan fingerprint density at radius 3 is 2.56 bits per heavy atom. The number of primary amides is 1. The molecule has 2 heterocycles. The van der Waals surface area contributed by atoms with Crippen LogP contribution in [0.2, 0.25) is 5.02 Å². The number of halogens is 3. The Kier molecular flexibility index (Phi) is 9.69. The van der Waals surface area contributed by atoms with Crippen LogP contribution in [0.15, 0.2) is 42.9 Å². The summed E-state index contributed by atoms with van der Waals surface area (Å²) < 4.78 is 17.0. The largest absolute Gasteiger partial charge is 0.392 e. The van der Waals surface area contributed by atoms with E-state index in [2.05, 4.69) is 15.4 Å². The second kappa shape index (κ2) is 12.0. The van der Waals surface area contributed by atoms with Gasteiger partial charge in [0, 0.05) is 47.6 Å². The fraction of sp³-hybridized carbons (Fsp3) is 0.304. The summed E-state index contributed by atoms with van der Waals surface area (Å²) in [6.45, 7) is 3.49. The highest BCUT2D eigenvalue weighted by molar-refractivity contribution is 6.35. The van der Waals surface area contributed by atoms with Crippen molar-refractivity contribution in [1.82, 2.24) is 20.1 Å². The molecule has 0 aliphatic heterocycles. The van der Waals surface area contributed by atoms with Crippen molar-refractivity contribution in [2.75, 3.05) is 0 Å². The number of pyridine rings is 1. The molecule has 2 aromatic heterocycles. The second-order valence-electron chi connectivity index (χ2n) is 7.71. The lowest BCUT2D eigenvalue weighted by molar-refractivity contribution is -0.118. The molecule has 1 aromatic carbocycles. The number of rotatable bonds is 10. The molecule has 3 aromatic rings. The summed E-state index contributed by atoms with van der Waals surface area (Å²) in [4.78, 5) is 28.5. The Labute approximate surface area is 207 Å². The molecule has 1 amide bonds. The van der Waals surface area contributed by atoms with Gasteiger partial charge in [0.25, 0.3) is 0 Å². The number of nitrogens with zero attached hydrogens (tertiary/aromatic N) is 3. The first-order valence-corrected chi connectivity index (χ1v) is 10.8. The number of hydrogen-bond donors (Lipinski definition) is 3. The fourth-order valence-electron chi connectivity index (χ4n) is 3.54. The lowest BCUT2D eigenvalue weighted by Crippen LogP contribution is -2.34. The summed E-state index contributed by atoms with van der Waals surface area (Å²) in [7, 11) is 0. The summed E-state index contributed by atoms with van der Waals surface area (Å²) in [5.74, 6) is -1.35. The van der Waals surface area contributed by atoms with Crippen molar-refractivity contribution in [2.24, 2.45) is 5.73 Å². The number of nitrogens with one attached hydrogen (secondary N) is 1. The molecule has 11 heteroatoms. The number of aliphatic hydroxyl groups is 1. The number of hydrogen-bond acceptors (Lipinski definition) is 6. The zero-order chi connectivity index (χ0) is 24.1. The fourth-order valence-corrected chi connectivity index (χ4v) is 3.78. The highest BCUT2D eigenvalue weighted by Crippen LogP contribution is 2.30. The average Bonchev–Trinajstić information content (AvgIpc) is 3.27. The molecule has 2 atom stereocenters. The van der Waals surface area contributed by atoms with Gasteiger partial charge < -0.3 is 16.2 Å². The highest BCUT2D eigenvalue weighted by atomic mass is 35.5. The molecule has 0 aliphatic carbocycles. The summed E-state index contributed by atoms with van der Waals surface area (Å²) in [6, 6.07) is 5.38. The minimum atomic E-state index is -0.720. The van der Waals surface area contributed by atoms with Crippen LogP contribution in [0.25, 0.3) is 5.82 Å². The Hall–Kier alpha value is -2.85. The first-order valence-electron chi connectivity index (χ1n) is 10.4. The van der Waals surface area contributed by atoms with Gasteiger partial charge >= 0.3 is 0 Å². The molecule has 182 valence electrons. The van der Waals surface area contributed by atoms with Crippen molar-refractivity contribution in [3.05, 3.63) is 75.9 Å². The van der Waals surface area contributed by atoms with Crippen LogP contribution in [-0.4, -0.2) is 37.6 Å². The topological polar surface area (TPSA) is 123 Å². The molecule has 4 N–H and O–H groups in total. The van der Waals surface area contributed by atoms with E-state index in [0.717, 1.165) is 0 Å². The van der Waals surface area contributed by atoms with Crippen molar-refractivity contribution >= 4 is 35.7 Å². The van der Waals surface area contributed by atoms with E-state index in [1.54, 1.807) is 19.2 Å². The quantitative estimate of drug-likeness (QED) is 0.359. The predicted molar refractivity (Wildman–Crippen MR) is 129 cm³/mol. The van der Waals surface area contributed by atoms with Crippen molar-refractivity contribution in [3.63, 3.8) is 0 Å². The van der Waals surface area contributed by atoms with E-state index >= 15 is 4.39 Å². The average molecular weight is 510 g/mol. The number of ketones is 1. The van der Waals surface area contributed by atoms with Gasteiger partial charge in [0.1, 0.15) is 5.82 Å². The molecule has 0 aliphatic rings. The number of aromatic nitrogens is 3. The van der Waals surface area contributed by atoms with Gasteiger partial charge in [-0.25, -0.2) is 14.1 Å². The second-order valence-corrected chi connectivity index (χ2v) is 8.12. The first-order chi connectivity index (χ1) is 15.7. The molecule has 0 fully saturated rings. The molecular weight excluding hydrogens is 484 g/mol. The first kappa shape index (κ1) is 27.4. The number of benzene rings is 1. The standard InChI is InChI=1S/C23H25ClFN5O3.ClH/c1-3-18(29-13(2)8-19(26)32)16-5-6-17(24)21(22(16)25)23(33)15-4-7-20(27-10-15)30-11-14(12-31)9-28-30;/h4-7,9-11,13,18,29,31H,3,8,12H2,1-2H3,(H2,26,32);1H/t13-,18-;/m1./s1. The maximum Gasteiger partial charge on any atom is 0.218 e. The molecule has 34 heavy (non-hydrogen) atoms. The van der Waals surface area contributed by atoms with Crippen LogP contribution in [0, 0.1) is 5.82 Å². The third-order valence-corrected chi connectivity index (χ3v) is 5.50. The molecule has 3 rings (SSSR count). The lowest BCUT2D eigenvalue weighted by atomic mass is 9.96. The smallest absolute Gasteiger partial charge is 0.218 e. The Morgan fingerprint density at radius 2 is 2.00 bits per heavy atom. The van der Waals surface area contributed by atoms with Gasteiger partial charge in [-0.15, -0.1) is 12.4 Å². The summed E-state index contributed by atoms with van der Waals surface area (Å²) in [5, 5.41) is 16.4. The zero-order valence-corrected chi connectivity index (χ0v) is 20.2. The summed E-state index contributed by atoms with van der Waals surface area (Å²) in [5.41, 5.74) is 6.06. The van der Waals surface area contributed by atoms with Crippen LogP contribution in [-0.2, 0) is 11.4 Å². The highest BCUT2D eigenvalue weighted by Gasteiger charge is 2.25. The summed E-state index contributed by atoms with van der Waals surface area (Å²) in [6.07, 6.45) is 5.06. The van der Waals surface area contributed by atoms with Crippen LogP contribution in [0.5, 0.6) is 0 Å². The maximum absolute atomic E-state index is 15.5. The van der Waals surface area contributed by atoms with Gasteiger partial charge in [0.05, 0.1) is 23.4 Å². The summed E-state index contributed by atoms with van der Waals surface area (Å²) >= 11 is 6.21. The SMILES string of the molecule is CC[C@@H](N[C@H](C)CC(N)=O)c1ccc(Cl)c(C(=O)c2ccc(-n3cc(CO)cn3)nc2)c1F.Cl. The Bertz CT molecular complexity index is 1150. The molecule has 0 saturated heterocycles. The number of aliphatic hydroxyl groups excluding tert-OH is 1. The lowest BCUT2D eigenvalue weighted by Gasteiger charge is -2.23. The van der Waals surface area contributed by atoms with Crippen LogP contribution in [0.1, 0.15) is 59.8 Å². The minimum Gasteiger partial charge on any atom is -0.392 e. The van der Waals surface area contributed by atoms with Crippen molar-refractivity contribution in [3.8, 4) is 5.82 Å². The van der Waals surface area contributed by atoms with Gasteiger partial charge in [0.2, 0.25) is 5.91 Å². The van der Waals surface area contributed by atoms with Crippen LogP contribution in [0.4, 0.5) is 4.39 Å². The van der Waals surface area contributed by atoms with Crippen molar-refractivity contribution in [1.29, 1.82) is 0 Å². The minimum absolute atomic E-state index is 0. The van der Waals surface area contributed by atoms with Gasteiger partial charge in [-0.05, 0) is 31.5 Å². The van der Waals surface area contributed by atoms with Crippen LogP contribution in [0.3, 0.4) is 0 Å². The monoisotopic (exact) mass is 509 g/mol. The Balaban J connectivity index is 0.00000408. The van der Waals surface area contributed by atoms with E-state index < -0.39 is 23.5 Å². The molecule has 8 nitrogen and oxygen atoms in total. The number of amides is 1. The molecule has 0 saturated carbocycles. The van der Waals surface area contributed by atoms with Crippen molar-refractivity contribution in [2.45, 2.75) is 45.4 Å². The van der Waals surface area contributed by atoms with Crippen molar-refractivity contribution < 1.29 is 19.1 Å². The molecule has 0 spiro atoms. The van der Waals surface area contributed by atoms with E-state index in [9.17, 15) is 9.59 Å². The predicted octanol–water partition coefficient (Wildman–Crippen LogP) is 3.51. The normalized spacial score (nSPS) is 12.6. The third-order valence-electron chi connectivity index (χ3n) is 5.19. The molecular formula is C23H26Cl2FN5O3. The number of nitrogens with two attached hydrogens (primary N) is 1. The molecule has 0 radical (unpaired) electrons. The van der Waals surface area contributed by atoms with Crippen LogP contribution >= 0.6 is 24.0 Å². The van der Waals surface area contributed by atoms with Gasteiger partial charge in [-0.1, -0.05) is 24.6 Å². The van der Waals surface area contributed by atoms with E-state index in [1.807, 2.05) is 6.92 Å². The van der Waals surface area contributed by atoms with E-state index in [-0.39, 0.29) is 53.2 Å². The van der Waals surface area contributed by atoms with E-state index in [0.29, 0.717) is 17.8 Å². The Morgan fingerprint density at radius 1 is 1.26 bits per heavy atom. The van der Waals surface area contributed by atoms with Crippen LogP contribution < -0.4 is 11.1 Å².